The van der Waals surface area contributed by atoms with Crippen LogP contribution >= 0.6 is 11.3 Å². The molecule has 0 aliphatic heterocycles. The van der Waals surface area contributed by atoms with Crippen molar-refractivity contribution < 1.29 is 20.1 Å². The van der Waals surface area contributed by atoms with Crippen LogP contribution in [-0.4, -0.2) is 22.6 Å². The molecule has 11 rings (SSSR count). The number of aromatic nitrogens is 3. The fourth-order valence-electron chi connectivity index (χ4n) is 8.94. The van der Waals surface area contributed by atoms with Crippen molar-refractivity contribution in [1.82, 2.24) is 14.5 Å². The van der Waals surface area contributed by atoms with Crippen molar-refractivity contribution in [2.75, 3.05) is 0 Å². The average molecular weight is 1080 g/mol. The standard InChI is InChI=1S/C43H27N2S.C18H24NSi.Ir/c1-3-10-29(11-4-1)31-18-20-33(21-19-31)34-24-27-41-38(28-34)36-14-9-15-37(42(36)46-41)43-44-39-16-7-8-17-40(39)45(43)35-25-22-32(23-26-35)30-12-5-2-6-13-30;1-14(2)11-16-12-17(15-9-7-6-8-10-15)19-13-18(16)20(3,4)5;/h1-14,16-28H;6-9,12-14H,11H2,1-5H3;/q2*-1;. The predicted octanol–water partition coefficient (Wildman–Crippen LogP) is 16.2. The minimum Gasteiger partial charge on any atom is -0.333 e. The molecule has 0 saturated heterocycles. The Bertz CT molecular complexity index is 3430. The summed E-state index contributed by atoms with van der Waals surface area (Å²) in [6, 6.07) is 75.4. The van der Waals surface area contributed by atoms with Gasteiger partial charge in [0.15, 0.2) is 0 Å². The molecule has 3 aromatic heterocycles. The van der Waals surface area contributed by atoms with Gasteiger partial charge in [-0.1, -0.05) is 171 Å². The zero-order valence-electron chi connectivity index (χ0n) is 38.4. The molecule has 67 heavy (non-hydrogen) atoms. The smallest absolute Gasteiger partial charge is 0.0798 e. The second-order valence-corrected chi connectivity index (χ2v) is 24.5. The van der Waals surface area contributed by atoms with Gasteiger partial charge < -0.3 is 9.55 Å². The zero-order chi connectivity index (χ0) is 45.2. The van der Waals surface area contributed by atoms with Gasteiger partial charge in [-0.3, -0.25) is 4.98 Å². The van der Waals surface area contributed by atoms with Crippen molar-refractivity contribution in [3.05, 3.63) is 218 Å². The molecule has 8 aromatic carbocycles. The van der Waals surface area contributed by atoms with Gasteiger partial charge in [0, 0.05) is 36.7 Å². The molecule has 3 heterocycles. The molecule has 0 spiro atoms. The third-order valence-electron chi connectivity index (χ3n) is 12.2. The van der Waals surface area contributed by atoms with Gasteiger partial charge in [0.05, 0.1) is 24.9 Å². The van der Waals surface area contributed by atoms with Crippen molar-refractivity contribution in [3.63, 3.8) is 0 Å². The Hall–Kier alpha value is -6.53. The second kappa shape index (κ2) is 19.7. The number of hydrogen-bond acceptors (Lipinski definition) is 3. The number of fused-ring (bicyclic) bond motifs is 4. The van der Waals surface area contributed by atoms with E-state index >= 15 is 0 Å². The number of pyridine rings is 1. The summed E-state index contributed by atoms with van der Waals surface area (Å²) >= 11 is 1.82. The van der Waals surface area contributed by atoms with Crippen LogP contribution in [0.5, 0.6) is 0 Å². The van der Waals surface area contributed by atoms with Crippen LogP contribution in [0, 0.1) is 18.1 Å². The summed E-state index contributed by atoms with van der Waals surface area (Å²) in [7, 11) is -1.34. The maximum atomic E-state index is 5.20. The number of thiophene rings is 1. The first kappa shape index (κ1) is 45.6. The number of para-hydroxylation sites is 2. The van der Waals surface area contributed by atoms with E-state index in [9.17, 15) is 0 Å². The average Bonchev–Trinajstić information content (AvgIpc) is 3.93. The van der Waals surface area contributed by atoms with E-state index in [-0.39, 0.29) is 20.1 Å². The van der Waals surface area contributed by atoms with E-state index in [0.29, 0.717) is 5.92 Å². The quantitative estimate of drug-likeness (QED) is 0.107. The summed E-state index contributed by atoms with van der Waals surface area (Å²) < 4.78 is 4.74. The van der Waals surface area contributed by atoms with Gasteiger partial charge in [-0.25, -0.2) is 0 Å². The molecule has 0 aliphatic rings. The Morgan fingerprint density at radius 1 is 0.582 bits per heavy atom. The van der Waals surface area contributed by atoms with Crippen LogP contribution in [-0.2, 0) is 26.5 Å². The minimum atomic E-state index is -1.34. The molecule has 0 N–H and O–H groups in total. The summed E-state index contributed by atoms with van der Waals surface area (Å²) in [5.74, 6) is 1.57. The third kappa shape index (κ3) is 9.68. The molecule has 0 unspecified atom stereocenters. The Kier molecular flexibility index (Phi) is 13.4. The van der Waals surface area contributed by atoms with Crippen molar-refractivity contribution in [2.45, 2.75) is 39.9 Å². The van der Waals surface area contributed by atoms with Crippen LogP contribution < -0.4 is 5.19 Å². The number of hydrogen-bond donors (Lipinski definition) is 0. The number of imidazole rings is 1. The first-order valence-electron chi connectivity index (χ1n) is 22.8. The fraction of sp³-hybridized carbons (Fsp3) is 0.115. The Balaban J connectivity index is 0.000000226. The number of rotatable bonds is 9. The van der Waals surface area contributed by atoms with Crippen LogP contribution in [0.4, 0.5) is 0 Å². The van der Waals surface area contributed by atoms with E-state index in [1.54, 1.807) is 0 Å². The summed E-state index contributed by atoms with van der Waals surface area (Å²) in [6.07, 6.45) is 3.24. The molecule has 11 aromatic rings. The van der Waals surface area contributed by atoms with Crippen molar-refractivity contribution >= 4 is 55.8 Å². The molecule has 1 radical (unpaired) electrons. The van der Waals surface area contributed by atoms with Gasteiger partial charge in [0.25, 0.3) is 0 Å². The molecule has 6 heteroatoms. The predicted molar refractivity (Wildman–Crippen MR) is 285 cm³/mol. The maximum absolute atomic E-state index is 5.20. The zero-order valence-corrected chi connectivity index (χ0v) is 42.6. The SMILES string of the molecule is CC(C)Cc1cc(-c2[c-]cccc2)ncc1[Si](C)(C)C.[Ir].[c-]1ccc2c(sc3ccc(-c4ccc(-c5ccccc5)cc4)cc32)c1-c1nc2ccccc2n1-c1ccc(-c2ccccc2)cc1. The monoisotopic (exact) mass is 1080 g/mol. The molecular formula is C61H51IrN3SSi-2. The van der Waals surface area contributed by atoms with Gasteiger partial charge in [-0.15, -0.1) is 54.1 Å². The van der Waals surface area contributed by atoms with Crippen molar-refractivity contribution in [3.8, 4) is 61.7 Å². The molecule has 0 atom stereocenters. The molecule has 0 bridgehead atoms. The Labute approximate surface area is 413 Å². The van der Waals surface area contributed by atoms with Gasteiger partial charge in [-0.2, -0.15) is 11.3 Å². The summed E-state index contributed by atoms with van der Waals surface area (Å²) in [5.41, 5.74) is 15.0. The van der Waals surface area contributed by atoms with Gasteiger partial charge in [-0.05, 0) is 103 Å². The Morgan fingerprint density at radius 3 is 1.82 bits per heavy atom. The van der Waals surface area contributed by atoms with Crippen LogP contribution in [0.25, 0.3) is 92.9 Å². The van der Waals surface area contributed by atoms with Crippen molar-refractivity contribution in [1.29, 1.82) is 0 Å². The van der Waals surface area contributed by atoms with Crippen LogP contribution in [0.3, 0.4) is 0 Å². The minimum absolute atomic E-state index is 0. The summed E-state index contributed by atoms with van der Waals surface area (Å²) in [4.78, 5) is 9.88. The molecule has 0 fully saturated rings. The molecular weight excluding hydrogens is 1030 g/mol. The largest absolute Gasteiger partial charge is 0.333 e. The van der Waals surface area contributed by atoms with Gasteiger partial charge >= 0.3 is 0 Å². The molecule has 0 amide bonds. The normalized spacial score (nSPS) is 11.4. The Morgan fingerprint density at radius 2 is 1.18 bits per heavy atom. The molecule has 0 aliphatic carbocycles. The van der Waals surface area contributed by atoms with Gasteiger partial charge in [0.2, 0.25) is 0 Å². The van der Waals surface area contributed by atoms with Crippen LogP contribution in [0.2, 0.25) is 19.6 Å². The summed E-state index contributed by atoms with van der Waals surface area (Å²) in [5, 5.41) is 3.98. The van der Waals surface area contributed by atoms with E-state index in [0.717, 1.165) is 45.8 Å². The number of nitrogens with zero attached hydrogens (tertiary/aromatic N) is 3. The fourth-order valence-corrected chi connectivity index (χ4v) is 11.7. The van der Waals surface area contributed by atoms with E-state index in [2.05, 4.69) is 231 Å². The van der Waals surface area contributed by atoms with E-state index in [1.807, 2.05) is 35.6 Å². The van der Waals surface area contributed by atoms with E-state index < -0.39 is 8.07 Å². The summed E-state index contributed by atoms with van der Waals surface area (Å²) in [6.45, 7) is 11.7. The first-order chi connectivity index (χ1) is 32.2. The second-order valence-electron chi connectivity index (χ2n) is 18.4. The van der Waals surface area contributed by atoms with E-state index in [1.165, 1.54) is 64.3 Å². The molecule has 3 nitrogen and oxygen atoms in total. The molecule has 0 saturated carbocycles. The van der Waals surface area contributed by atoms with Crippen molar-refractivity contribution in [2.24, 2.45) is 5.92 Å². The van der Waals surface area contributed by atoms with Gasteiger partial charge in [0.1, 0.15) is 0 Å². The third-order valence-corrected chi connectivity index (χ3v) is 15.5. The number of benzene rings is 8. The maximum Gasteiger partial charge on any atom is 0.0798 e. The molecule has 331 valence electrons. The van der Waals surface area contributed by atoms with E-state index in [4.69, 9.17) is 4.98 Å². The topological polar surface area (TPSA) is 30.7 Å². The van der Waals surface area contributed by atoms with Crippen LogP contribution in [0.15, 0.2) is 200 Å². The first-order valence-corrected chi connectivity index (χ1v) is 27.1. The van der Waals surface area contributed by atoms with Crippen LogP contribution in [0.1, 0.15) is 19.4 Å².